The largest absolute Gasteiger partial charge is 0.354 e. The molecule has 4 unspecified atom stereocenters. The fourth-order valence-electron chi connectivity index (χ4n) is 8.10. The van der Waals surface area contributed by atoms with Gasteiger partial charge < -0.3 is 14.4 Å². The fraction of sp³-hybridized carbons (Fsp3) is 0.163. The van der Waals surface area contributed by atoms with Gasteiger partial charge in [0.2, 0.25) is 0 Å². The van der Waals surface area contributed by atoms with Crippen molar-refractivity contribution in [2.45, 2.75) is 41.5 Å². The number of nitrogens with zero attached hydrogens (tertiary/aromatic N) is 3. The first-order chi connectivity index (χ1) is 23.2. The van der Waals surface area contributed by atoms with Gasteiger partial charge in [-0.25, -0.2) is 0 Å². The number of hydrogen-bond acceptors (Lipinski definition) is 3. The Bertz CT molecular complexity index is 2110. The Labute approximate surface area is 281 Å². The zero-order valence-electron chi connectivity index (χ0n) is 26.4. The Balaban J connectivity index is 1.15. The molecule has 3 aliphatic carbocycles. The van der Waals surface area contributed by atoms with E-state index in [1.165, 1.54) is 33.2 Å². The smallest absolute Gasteiger partial charge is 0.0719 e. The summed E-state index contributed by atoms with van der Waals surface area (Å²) < 4.78 is 2.57. The van der Waals surface area contributed by atoms with Crippen molar-refractivity contribution in [1.82, 2.24) is 9.47 Å². The van der Waals surface area contributed by atoms with Crippen molar-refractivity contribution in [3.05, 3.63) is 176 Å². The quantitative estimate of drug-likeness (QED) is 0.192. The van der Waals surface area contributed by atoms with Crippen molar-refractivity contribution in [3.8, 4) is 0 Å². The van der Waals surface area contributed by atoms with Gasteiger partial charge in [-0.15, -0.1) is 11.8 Å². The van der Waals surface area contributed by atoms with E-state index in [4.69, 9.17) is 0 Å². The van der Waals surface area contributed by atoms with E-state index in [-0.39, 0.29) is 11.6 Å². The van der Waals surface area contributed by atoms with Crippen LogP contribution < -0.4 is 4.90 Å². The lowest BCUT2D eigenvalue weighted by Gasteiger charge is -2.56. The summed E-state index contributed by atoms with van der Waals surface area (Å²) in [6.45, 7) is 2.41. The van der Waals surface area contributed by atoms with E-state index in [1.54, 1.807) is 0 Å². The lowest BCUT2D eigenvalue weighted by molar-refractivity contribution is 0.162. The maximum absolute atomic E-state index is 2.69. The summed E-state index contributed by atoms with van der Waals surface area (Å²) in [5.41, 5.74) is 7.26. The number of fused-ring (bicyclic) bond motifs is 5. The molecule has 3 nitrogen and oxygen atoms in total. The van der Waals surface area contributed by atoms with E-state index >= 15 is 0 Å². The van der Waals surface area contributed by atoms with Crippen molar-refractivity contribution in [2.24, 2.45) is 0 Å². The molecule has 2 heterocycles. The van der Waals surface area contributed by atoms with Gasteiger partial charge in [-0.05, 0) is 61.9 Å². The molecule has 1 aliphatic heterocycles. The van der Waals surface area contributed by atoms with Gasteiger partial charge in [0.15, 0.2) is 0 Å². The first-order valence-corrected chi connectivity index (χ1v) is 17.6. The van der Waals surface area contributed by atoms with Gasteiger partial charge in [-0.2, -0.15) is 0 Å². The minimum Gasteiger partial charge on any atom is -0.354 e. The van der Waals surface area contributed by atoms with Gasteiger partial charge in [-0.3, -0.25) is 0 Å². The van der Waals surface area contributed by atoms with Gasteiger partial charge >= 0.3 is 0 Å². The van der Waals surface area contributed by atoms with E-state index in [1.807, 2.05) is 0 Å². The second-order valence-electron chi connectivity index (χ2n) is 13.0. The molecule has 0 radical (unpaired) electrons. The summed E-state index contributed by atoms with van der Waals surface area (Å²) >= 11 is 2.09. The number of para-hydroxylation sites is 3. The Morgan fingerprint density at radius 1 is 0.702 bits per heavy atom. The molecule has 47 heavy (non-hydrogen) atoms. The minimum atomic E-state index is -0.0841. The van der Waals surface area contributed by atoms with E-state index in [0.717, 1.165) is 17.8 Å². The average molecular weight is 628 g/mol. The zero-order valence-corrected chi connectivity index (χ0v) is 27.2. The van der Waals surface area contributed by atoms with Gasteiger partial charge in [0.05, 0.1) is 34.1 Å². The molecular formula is C43H37N3S. The standard InChI is InChI=1S/C43H37N3S/c1-43-30-13-12-25-41(43)47-40-24-11-10-21-37(40)46(43)34-28-26-33(27-29-34)45-36-20-9-8-19-35(36)42-38(22-14-23-39(42)45)44(31-15-4-2-5-16-31)32-17-6-3-7-18-32/h2-26,28-30,33,37,40-41H,27H2,1H3/t33?,37-,40?,41?,43?/m1/s1. The fourth-order valence-corrected chi connectivity index (χ4v) is 9.65. The van der Waals surface area contributed by atoms with Crippen LogP contribution in [0.5, 0.6) is 0 Å². The van der Waals surface area contributed by atoms with Crippen LogP contribution in [0.1, 0.15) is 19.4 Å². The van der Waals surface area contributed by atoms with Crippen LogP contribution in [0.2, 0.25) is 0 Å². The summed E-state index contributed by atoms with van der Waals surface area (Å²) in [6, 6.07) is 37.7. The second-order valence-corrected chi connectivity index (χ2v) is 14.3. The normalized spacial score (nSPS) is 26.0. The zero-order chi connectivity index (χ0) is 31.4. The molecule has 4 aliphatic rings. The number of anilines is 3. The number of benzene rings is 4. The number of aromatic nitrogens is 1. The SMILES string of the molecule is CC12C=CC=CC1SC1C=CC=C[C@H]1N2C1=CCC(n2c3ccccc3c3c(N(c4ccccc4)c4ccccc4)cccc32)C=C1. The number of hydrogen-bond donors (Lipinski definition) is 0. The van der Waals surface area contributed by atoms with Gasteiger partial charge in [0, 0.05) is 38.6 Å². The number of allylic oxidation sites excluding steroid dienone is 7. The third kappa shape index (κ3) is 4.57. The Kier molecular flexibility index (Phi) is 6.86. The van der Waals surface area contributed by atoms with Crippen LogP contribution >= 0.6 is 11.8 Å². The maximum atomic E-state index is 2.69. The Morgan fingerprint density at radius 2 is 1.40 bits per heavy atom. The lowest BCUT2D eigenvalue weighted by Crippen LogP contribution is -2.62. The molecule has 0 amide bonds. The molecule has 4 heteroatoms. The summed E-state index contributed by atoms with van der Waals surface area (Å²) in [4.78, 5) is 5.08. The topological polar surface area (TPSA) is 11.4 Å². The van der Waals surface area contributed by atoms with Crippen LogP contribution in [0.3, 0.4) is 0 Å². The molecule has 4 aromatic carbocycles. The molecule has 5 aromatic rings. The first kappa shape index (κ1) is 28.3. The second kappa shape index (κ2) is 11.4. The molecular weight excluding hydrogens is 591 g/mol. The van der Waals surface area contributed by atoms with Crippen molar-refractivity contribution in [1.29, 1.82) is 0 Å². The maximum Gasteiger partial charge on any atom is 0.0719 e. The van der Waals surface area contributed by atoms with Crippen molar-refractivity contribution < 1.29 is 0 Å². The Morgan fingerprint density at radius 3 is 2.17 bits per heavy atom. The molecule has 1 aromatic heterocycles. The van der Waals surface area contributed by atoms with E-state index in [0.29, 0.717) is 16.5 Å². The van der Waals surface area contributed by atoms with Crippen LogP contribution in [0.15, 0.2) is 176 Å². The molecule has 0 spiro atoms. The molecule has 5 atom stereocenters. The van der Waals surface area contributed by atoms with E-state index in [2.05, 4.69) is 203 Å². The number of thioether (sulfide) groups is 1. The third-order valence-corrected chi connectivity index (χ3v) is 11.9. The van der Waals surface area contributed by atoms with Gasteiger partial charge in [-0.1, -0.05) is 121 Å². The lowest BCUT2D eigenvalue weighted by atomic mass is 9.85. The number of rotatable bonds is 5. The molecule has 1 saturated heterocycles. The van der Waals surface area contributed by atoms with Crippen LogP contribution in [0.4, 0.5) is 17.1 Å². The molecule has 0 bridgehead atoms. The van der Waals surface area contributed by atoms with Crippen molar-refractivity contribution in [3.63, 3.8) is 0 Å². The minimum absolute atomic E-state index is 0.0841. The van der Waals surface area contributed by atoms with Crippen LogP contribution in [-0.2, 0) is 0 Å². The first-order valence-electron chi connectivity index (χ1n) is 16.7. The van der Waals surface area contributed by atoms with Crippen molar-refractivity contribution in [2.75, 3.05) is 4.90 Å². The highest BCUT2D eigenvalue weighted by atomic mass is 32.2. The summed E-state index contributed by atoms with van der Waals surface area (Å²) in [7, 11) is 0. The third-order valence-electron chi connectivity index (χ3n) is 10.2. The predicted octanol–water partition coefficient (Wildman–Crippen LogP) is 10.8. The van der Waals surface area contributed by atoms with Gasteiger partial charge in [0.25, 0.3) is 0 Å². The van der Waals surface area contributed by atoms with E-state index < -0.39 is 0 Å². The monoisotopic (exact) mass is 627 g/mol. The highest BCUT2D eigenvalue weighted by molar-refractivity contribution is 8.01. The van der Waals surface area contributed by atoms with Crippen LogP contribution in [0, 0.1) is 0 Å². The molecule has 0 saturated carbocycles. The van der Waals surface area contributed by atoms with Crippen LogP contribution in [0.25, 0.3) is 21.8 Å². The molecule has 1 fully saturated rings. The molecule has 9 rings (SSSR count). The average Bonchev–Trinajstić information content (AvgIpc) is 3.47. The van der Waals surface area contributed by atoms with Crippen LogP contribution in [-0.4, -0.2) is 31.5 Å². The predicted molar refractivity (Wildman–Crippen MR) is 201 cm³/mol. The van der Waals surface area contributed by atoms with E-state index in [9.17, 15) is 0 Å². The Hall–Kier alpha value is -4.93. The molecule has 0 N–H and O–H groups in total. The van der Waals surface area contributed by atoms with Crippen molar-refractivity contribution >= 4 is 50.6 Å². The molecule has 230 valence electrons. The summed E-state index contributed by atoms with van der Waals surface area (Å²) in [6.07, 6.45) is 26.7. The summed E-state index contributed by atoms with van der Waals surface area (Å²) in [5, 5.41) is 3.41. The highest BCUT2D eigenvalue weighted by Crippen LogP contribution is 2.49. The highest BCUT2D eigenvalue weighted by Gasteiger charge is 2.49. The summed E-state index contributed by atoms with van der Waals surface area (Å²) in [5.74, 6) is 0. The van der Waals surface area contributed by atoms with Gasteiger partial charge in [0.1, 0.15) is 0 Å².